The van der Waals surface area contributed by atoms with Gasteiger partial charge in [-0.2, -0.15) is 0 Å². The fraction of sp³-hybridized carbons (Fsp3) is 0.750. The zero-order valence-corrected chi connectivity index (χ0v) is 8.00. The van der Waals surface area contributed by atoms with Gasteiger partial charge in [0.2, 0.25) is 0 Å². The molecule has 1 aromatic heterocycles. The molecule has 0 N–H and O–H groups in total. The van der Waals surface area contributed by atoms with Gasteiger partial charge in [-0.15, -0.1) is 5.10 Å². The topological polar surface area (TPSA) is 30.7 Å². The van der Waals surface area contributed by atoms with E-state index in [0.29, 0.717) is 6.04 Å². The van der Waals surface area contributed by atoms with Crippen LogP contribution in [0.4, 0.5) is 0 Å². The van der Waals surface area contributed by atoms with E-state index in [-0.39, 0.29) is 0 Å². The van der Waals surface area contributed by atoms with Crippen molar-refractivity contribution in [1.82, 2.24) is 15.0 Å². The van der Waals surface area contributed by atoms with Gasteiger partial charge in [0.05, 0.1) is 5.69 Å². The third kappa shape index (κ3) is 3.16. The van der Waals surface area contributed by atoms with E-state index in [0.717, 1.165) is 5.69 Å². The number of rotatable bonds is 1. The lowest BCUT2D eigenvalue weighted by Gasteiger charge is -2.00. The third-order valence-electron chi connectivity index (χ3n) is 1.15. The summed E-state index contributed by atoms with van der Waals surface area (Å²) in [7, 11) is 0. The summed E-state index contributed by atoms with van der Waals surface area (Å²) in [6.07, 6.45) is 1.94. The molecule has 0 fully saturated rings. The Balaban J connectivity index is 0.000000461. The molecule has 0 aliphatic heterocycles. The molecule has 3 heteroatoms. The van der Waals surface area contributed by atoms with Crippen LogP contribution >= 0.6 is 0 Å². The first-order valence-electron chi connectivity index (χ1n) is 4.08. The van der Waals surface area contributed by atoms with Crippen molar-refractivity contribution >= 4 is 0 Å². The molecule has 0 atom stereocenters. The second-order valence-corrected chi connectivity index (χ2v) is 2.43. The Labute approximate surface area is 68.4 Å². The first-order valence-corrected chi connectivity index (χ1v) is 4.08. The predicted molar refractivity (Wildman–Crippen MR) is 46.5 cm³/mol. The Morgan fingerprint density at radius 1 is 1.36 bits per heavy atom. The summed E-state index contributed by atoms with van der Waals surface area (Å²) in [5.41, 5.74) is 0.976. The SMILES string of the molecule is CC.Cc1cn(C(C)C)nn1. The molecule has 0 spiro atoms. The molecule has 0 bridgehead atoms. The zero-order chi connectivity index (χ0) is 8.85. The lowest BCUT2D eigenvalue weighted by molar-refractivity contribution is 0.514. The van der Waals surface area contributed by atoms with Crippen LogP contribution in [0.5, 0.6) is 0 Å². The van der Waals surface area contributed by atoms with Gasteiger partial charge in [-0.1, -0.05) is 19.1 Å². The highest BCUT2D eigenvalue weighted by Crippen LogP contribution is 2.00. The van der Waals surface area contributed by atoms with Gasteiger partial charge in [0.1, 0.15) is 0 Å². The Bertz CT molecular complexity index is 191. The van der Waals surface area contributed by atoms with Crippen LogP contribution < -0.4 is 0 Å². The second kappa shape index (κ2) is 4.88. The van der Waals surface area contributed by atoms with E-state index in [2.05, 4.69) is 24.2 Å². The molecule has 0 unspecified atom stereocenters. The Hall–Kier alpha value is -0.860. The second-order valence-electron chi connectivity index (χ2n) is 2.43. The van der Waals surface area contributed by atoms with Gasteiger partial charge < -0.3 is 0 Å². The van der Waals surface area contributed by atoms with Crippen molar-refractivity contribution in [3.63, 3.8) is 0 Å². The van der Waals surface area contributed by atoms with E-state index in [1.54, 1.807) is 0 Å². The normalized spacial score (nSPS) is 9.27. The van der Waals surface area contributed by atoms with Crippen molar-refractivity contribution in [1.29, 1.82) is 0 Å². The Kier molecular flexibility index (Phi) is 4.50. The molecule has 64 valence electrons. The molecule has 1 rings (SSSR count). The molecule has 0 aliphatic rings. The summed E-state index contributed by atoms with van der Waals surface area (Å²) in [5, 5.41) is 7.73. The van der Waals surface area contributed by atoms with Crippen molar-refractivity contribution in [2.24, 2.45) is 0 Å². The predicted octanol–water partition coefficient (Wildman–Crippen LogP) is 2.19. The van der Waals surface area contributed by atoms with Crippen molar-refractivity contribution in [2.45, 2.75) is 40.7 Å². The molecule has 0 radical (unpaired) electrons. The van der Waals surface area contributed by atoms with Crippen LogP contribution in [0.15, 0.2) is 6.20 Å². The third-order valence-corrected chi connectivity index (χ3v) is 1.15. The monoisotopic (exact) mass is 155 g/mol. The zero-order valence-electron chi connectivity index (χ0n) is 8.00. The first kappa shape index (κ1) is 10.1. The summed E-state index contributed by atoms with van der Waals surface area (Å²) in [4.78, 5) is 0. The number of aryl methyl sites for hydroxylation is 1. The van der Waals surface area contributed by atoms with E-state index >= 15 is 0 Å². The van der Waals surface area contributed by atoms with E-state index in [1.165, 1.54) is 0 Å². The fourth-order valence-electron chi connectivity index (χ4n) is 0.618. The Morgan fingerprint density at radius 2 is 1.91 bits per heavy atom. The van der Waals surface area contributed by atoms with Gasteiger partial charge in [-0.25, -0.2) is 4.68 Å². The summed E-state index contributed by atoms with van der Waals surface area (Å²) < 4.78 is 1.84. The molecular weight excluding hydrogens is 138 g/mol. The number of nitrogens with zero attached hydrogens (tertiary/aromatic N) is 3. The van der Waals surface area contributed by atoms with Gasteiger partial charge in [-0.05, 0) is 20.8 Å². The lowest BCUT2D eigenvalue weighted by atomic mass is 10.4. The standard InChI is InChI=1S/C6H11N3.C2H6/c1-5(2)9-4-6(3)7-8-9;1-2/h4-5H,1-3H3;1-2H3. The van der Waals surface area contributed by atoms with Gasteiger partial charge >= 0.3 is 0 Å². The maximum Gasteiger partial charge on any atom is 0.0796 e. The minimum Gasteiger partial charge on any atom is -0.250 e. The summed E-state index contributed by atoms with van der Waals surface area (Å²) in [5.74, 6) is 0. The van der Waals surface area contributed by atoms with Crippen LogP contribution in [0.25, 0.3) is 0 Å². The van der Waals surface area contributed by atoms with Gasteiger partial charge in [0.25, 0.3) is 0 Å². The molecule has 1 heterocycles. The molecule has 0 saturated heterocycles. The molecule has 11 heavy (non-hydrogen) atoms. The van der Waals surface area contributed by atoms with Crippen molar-refractivity contribution in [3.8, 4) is 0 Å². The molecule has 0 aliphatic carbocycles. The molecule has 3 nitrogen and oxygen atoms in total. The first-order chi connectivity index (χ1) is 5.20. The van der Waals surface area contributed by atoms with Crippen molar-refractivity contribution < 1.29 is 0 Å². The highest BCUT2D eigenvalue weighted by Gasteiger charge is 1.97. The largest absolute Gasteiger partial charge is 0.250 e. The number of hydrogen-bond donors (Lipinski definition) is 0. The minimum atomic E-state index is 0.422. The molecule has 1 aromatic rings. The van der Waals surface area contributed by atoms with Crippen molar-refractivity contribution in [3.05, 3.63) is 11.9 Å². The quantitative estimate of drug-likeness (QED) is 0.622. The minimum absolute atomic E-state index is 0.422. The van der Waals surface area contributed by atoms with Gasteiger partial charge in [0.15, 0.2) is 0 Å². The van der Waals surface area contributed by atoms with Crippen LogP contribution in [0.3, 0.4) is 0 Å². The average Bonchev–Trinajstić information content (AvgIpc) is 2.40. The molecule has 0 saturated carbocycles. The van der Waals surface area contributed by atoms with Crippen LogP contribution in [-0.4, -0.2) is 15.0 Å². The number of hydrogen-bond acceptors (Lipinski definition) is 2. The highest BCUT2D eigenvalue weighted by molar-refractivity contribution is 4.87. The number of aromatic nitrogens is 3. The van der Waals surface area contributed by atoms with Crippen molar-refractivity contribution in [2.75, 3.05) is 0 Å². The fourth-order valence-corrected chi connectivity index (χ4v) is 0.618. The van der Waals surface area contributed by atoms with Crippen LogP contribution in [0.2, 0.25) is 0 Å². The van der Waals surface area contributed by atoms with E-state index in [1.807, 2.05) is 31.6 Å². The van der Waals surface area contributed by atoms with Crippen LogP contribution in [0.1, 0.15) is 39.4 Å². The van der Waals surface area contributed by atoms with E-state index in [4.69, 9.17) is 0 Å². The highest BCUT2D eigenvalue weighted by atomic mass is 15.4. The average molecular weight is 155 g/mol. The summed E-state index contributed by atoms with van der Waals surface area (Å²) in [6, 6.07) is 0.422. The smallest absolute Gasteiger partial charge is 0.0796 e. The lowest BCUT2D eigenvalue weighted by Crippen LogP contribution is -2.00. The van der Waals surface area contributed by atoms with Crippen LogP contribution in [-0.2, 0) is 0 Å². The van der Waals surface area contributed by atoms with Gasteiger partial charge in [0, 0.05) is 12.2 Å². The molecular formula is C8H17N3. The molecule has 0 amide bonds. The van der Waals surface area contributed by atoms with E-state index in [9.17, 15) is 0 Å². The van der Waals surface area contributed by atoms with Gasteiger partial charge in [-0.3, -0.25) is 0 Å². The van der Waals surface area contributed by atoms with E-state index < -0.39 is 0 Å². The maximum atomic E-state index is 3.88. The molecule has 0 aromatic carbocycles. The maximum absolute atomic E-state index is 3.88. The Morgan fingerprint density at radius 3 is 2.09 bits per heavy atom. The summed E-state index contributed by atoms with van der Waals surface area (Å²) >= 11 is 0. The summed E-state index contributed by atoms with van der Waals surface area (Å²) in [6.45, 7) is 10.1. The van der Waals surface area contributed by atoms with Crippen LogP contribution in [0, 0.1) is 6.92 Å².